The molecule has 0 bridgehead atoms. The Balaban J connectivity index is 1.77. The number of aliphatic hydroxyl groups is 2. The van der Waals surface area contributed by atoms with Gasteiger partial charge in [0.15, 0.2) is 0 Å². The maximum atomic E-state index is 13.8. The standard InChI is InChI=1S/C27H24F3IN2O7/c28-27(29,30)14-33(25(37)17-11-15-5-1-3-7-20(15)40-26(17)38)19-12-16(24(36)32-9-10-34)13-22(23(19)35)39-21-8-4-2-6-18(21)31/h1-8,11,13,19,22-23,34-35H,9-10,12,14H2,(H,32,36). The van der Waals surface area contributed by atoms with Gasteiger partial charge in [-0.05, 0) is 52.9 Å². The number of fused-ring (bicyclic) bond motifs is 1. The number of benzene rings is 2. The highest BCUT2D eigenvalue weighted by Gasteiger charge is 2.45. The molecule has 1 heterocycles. The first kappa shape index (κ1) is 29.6. The Hall–Kier alpha value is -3.43. The summed E-state index contributed by atoms with van der Waals surface area (Å²) in [5, 5.41) is 23.1. The van der Waals surface area contributed by atoms with Crippen LogP contribution in [0.25, 0.3) is 11.0 Å². The SMILES string of the molecule is O=C(NCCO)C1=CC(Oc2ccccc2I)C(O)C(N(CC(F)(F)F)C(=O)c2cc3ccccc3oc2=O)C1. The van der Waals surface area contributed by atoms with Gasteiger partial charge in [-0.15, -0.1) is 0 Å². The fourth-order valence-electron chi connectivity index (χ4n) is 4.37. The number of aliphatic hydroxyl groups excluding tert-OH is 2. The van der Waals surface area contributed by atoms with Crippen LogP contribution in [-0.4, -0.2) is 71.0 Å². The lowest BCUT2D eigenvalue weighted by molar-refractivity contribution is -0.151. The maximum absolute atomic E-state index is 13.8. The molecule has 0 saturated heterocycles. The number of carbonyl (C=O) groups excluding carboxylic acids is 2. The molecule has 9 nitrogen and oxygen atoms in total. The van der Waals surface area contributed by atoms with Crippen molar-refractivity contribution in [2.45, 2.75) is 30.8 Å². The Morgan fingerprint density at radius 2 is 1.85 bits per heavy atom. The minimum atomic E-state index is -4.92. The monoisotopic (exact) mass is 672 g/mol. The van der Waals surface area contributed by atoms with E-state index >= 15 is 0 Å². The fraction of sp³-hybridized carbons (Fsp3) is 0.296. The summed E-state index contributed by atoms with van der Waals surface area (Å²) in [7, 11) is 0. The summed E-state index contributed by atoms with van der Waals surface area (Å²) < 4.78 is 53.1. The fourth-order valence-corrected chi connectivity index (χ4v) is 4.88. The zero-order valence-electron chi connectivity index (χ0n) is 20.7. The van der Waals surface area contributed by atoms with Gasteiger partial charge in [-0.3, -0.25) is 9.59 Å². The number of nitrogens with zero attached hydrogens (tertiary/aromatic N) is 1. The minimum absolute atomic E-state index is 0.0646. The van der Waals surface area contributed by atoms with Gasteiger partial charge in [-0.1, -0.05) is 30.3 Å². The van der Waals surface area contributed by atoms with E-state index in [1.165, 1.54) is 18.2 Å². The summed E-state index contributed by atoms with van der Waals surface area (Å²) in [5.41, 5.74) is -1.73. The molecule has 1 aromatic heterocycles. The van der Waals surface area contributed by atoms with Crippen molar-refractivity contribution in [1.29, 1.82) is 0 Å². The number of nitrogens with one attached hydrogen (secondary N) is 1. The second-order valence-corrected chi connectivity index (χ2v) is 10.1. The molecule has 1 aliphatic carbocycles. The predicted octanol–water partition coefficient (Wildman–Crippen LogP) is 3.02. The number of hydrogen-bond acceptors (Lipinski definition) is 7. The summed E-state index contributed by atoms with van der Waals surface area (Å²) in [6, 6.07) is 12.4. The van der Waals surface area contributed by atoms with Crippen LogP contribution in [0.2, 0.25) is 0 Å². The van der Waals surface area contributed by atoms with E-state index in [1.807, 2.05) is 22.6 Å². The summed E-state index contributed by atoms with van der Waals surface area (Å²) in [6.07, 6.45) is -7.18. The topological polar surface area (TPSA) is 129 Å². The van der Waals surface area contributed by atoms with E-state index in [-0.39, 0.29) is 24.3 Å². The quantitative estimate of drug-likeness (QED) is 0.248. The molecule has 13 heteroatoms. The molecule has 3 unspecified atom stereocenters. The number of carbonyl (C=O) groups is 2. The van der Waals surface area contributed by atoms with Crippen molar-refractivity contribution in [2.24, 2.45) is 0 Å². The van der Waals surface area contributed by atoms with Gasteiger partial charge in [0.25, 0.3) is 5.91 Å². The Kier molecular flexibility index (Phi) is 9.15. The van der Waals surface area contributed by atoms with E-state index in [1.54, 1.807) is 36.4 Å². The summed E-state index contributed by atoms with van der Waals surface area (Å²) in [5.74, 6) is -1.75. The summed E-state index contributed by atoms with van der Waals surface area (Å²) in [4.78, 5) is 39.3. The van der Waals surface area contributed by atoms with Crippen molar-refractivity contribution in [3.63, 3.8) is 0 Å². The van der Waals surface area contributed by atoms with Gasteiger partial charge >= 0.3 is 11.8 Å². The molecule has 1 aliphatic rings. The van der Waals surface area contributed by atoms with Crippen LogP contribution in [0.4, 0.5) is 13.2 Å². The van der Waals surface area contributed by atoms with Crippen LogP contribution in [0.3, 0.4) is 0 Å². The number of halogens is 4. The Labute approximate surface area is 239 Å². The van der Waals surface area contributed by atoms with E-state index in [4.69, 9.17) is 14.3 Å². The molecule has 40 heavy (non-hydrogen) atoms. The third-order valence-corrected chi connectivity index (χ3v) is 7.09. The molecule has 0 fully saturated rings. The first-order valence-electron chi connectivity index (χ1n) is 12.1. The molecule has 0 spiro atoms. The molecule has 0 aliphatic heterocycles. The van der Waals surface area contributed by atoms with Gasteiger partial charge in [0.2, 0.25) is 5.91 Å². The van der Waals surface area contributed by atoms with Crippen molar-refractivity contribution in [2.75, 3.05) is 19.7 Å². The number of para-hydroxylation sites is 2. The van der Waals surface area contributed by atoms with Crippen molar-refractivity contribution in [3.05, 3.63) is 85.8 Å². The number of rotatable bonds is 8. The van der Waals surface area contributed by atoms with Crippen molar-refractivity contribution >= 4 is 45.4 Å². The van der Waals surface area contributed by atoms with Crippen molar-refractivity contribution in [1.82, 2.24) is 10.2 Å². The molecular formula is C27H24F3IN2O7. The molecule has 212 valence electrons. The van der Waals surface area contributed by atoms with Gasteiger partial charge in [0.1, 0.15) is 35.6 Å². The van der Waals surface area contributed by atoms with E-state index in [0.29, 0.717) is 19.6 Å². The Morgan fingerprint density at radius 3 is 2.55 bits per heavy atom. The van der Waals surface area contributed by atoms with Gasteiger partial charge in [0.05, 0.1) is 16.2 Å². The van der Waals surface area contributed by atoms with Crippen LogP contribution in [0, 0.1) is 3.57 Å². The molecule has 3 N–H and O–H groups in total. The highest BCUT2D eigenvalue weighted by atomic mass is 127. The van der Waals surface area contributed by atoms with Gasteiger partial charge < -0.3 is 29.6 Å². The molecule has 3 aromatic rings. The lowest BCUT2D eigenvalue weighted by Crippen LogP contribution is -2.57. The molecule has 3 atom stereocenters. The average molecular weight is 672 g/mol. The Bertz CT molecular complexity index is 1490. The predicted molar refractivity (Wildman–Crippen MR) is 146 cm³/mol. The average Bonchev–Trinajstić information content (AvgIpc) is 2.91. The molecule has 0 saturated carbocycles. The highest BCUT2D eigenvalue weighted by Crippen LogP contribution is 2.32. The minimum Gasteiger partial charge on any atom is -0.482 e. The summed E-state index contributed by atoms with van der Waals surface area (Å²) >= 11 is 1.97. The van der Waals surface area contributed by atoms with Gasteiger partial charge in [-0.2, -0.15) is 13.2 Å². The third-order valence-electron chi connectivity index (χ3n) is 6.20. The van der Waals surface area contributed by atoms with Crippen molar-refractivity contribution in [3.8, 4) is 5.75 Å². The number of amides is 2. The van der Waals surface area contributed by atoms with Crippen LogP contribution in [0.1, 0.15) is 16.8 Å². The molecule has 4 rings (SSSR count). The van der Waals surface area contributed by atoms with Gasteiger partial charge in [0, 0.05) is 23.9 Å². The second-order valence-electron chi connectivity index (χ2n) is 8.98. The zero-order valence-corrected chi connectivity index (χ0v) is 22.9. The van der Waals surface area contributed by atoms with Crippen LogP contribution in [0.5, 0.6) is 5.75 Å². The third kappa shape index (κ3) is 6.82. The zero-order chi connectivity index (χ0) is 29.0. The van der Waals surface area contributed by atoms with E-state index in [2.05, 4.69) is 5.32 Å². The lowest BCUT2D eigenvalue weighted by atomic mass is 9.87. The Morgan fingerprint density at radius 1 is 1.15 bits per heavy atom. The first-order chi connectivity index (χ1) is 19.0. The summed E-state index contributed by atoms with van der Waals surface area (Å²) in [6.45, 7) is -2.33. The van der Waals surface area contributed by atoms with Crippen LogP contribution in [-0.2, 0) is 4.79 Å². The molecule has 0 radical (unpaired) electrons. The highest BCUT2D eigenvalue weighted by molar-refractivity contribution is 14.1. The number of ether oxygens (including phenoxy) is 1. The maximum Gasteiger partial charge on any atom is 0.406 e. The van der Waals surface area contributed by atoms with E-state index in [0.717, 1.165) is 6.07 Å². The smallest absolute Gasteiger partial charge is 0.406 e. The van der Waals surface area contributed by atoms with E-state index in [9.17, 15) is 32.7 Å². The lowest BCUT2D eigenvalue weighted by Gasteiger charge is -2.40. The van der Waals surface area contributed by atoms with E-state index < -0.39 is 60.4 Å². The van der Waals surface area contributed by atoms with Crippen molar-refractivity contribution < 1.29 is 42.1 Å². The normalized spacial score (nSPS) is 19.1. The largest absolute Gasteiger partial charge is 0.482 e. The molecular weight excluding hydrogens is 648 g/mol. The van der Waals surface area contributed by atoms with Crippen LogP contribution >= 0.6 is 22.6 Å². The van der Waals surface area contributed by atoms with Crippen LogP contribution < -0.4 is 15.7 Å². The number of alkyl halides is 3. The molecule has 2 amide bonds. The first-order valence-corrected chi connectivity index (χ1v) is 13.2. The number of hydrogen-bond donors (Lipinski definition) is 3. The molecule has 2 aromatic carbocycles. The van der Waals surface area contributed by atoms with Crippen LogP contribution in [0.15, 0.2) is 75.5 Å². The second kappa shape index (κ2) is 12.4. The van der Waals surface area contributed by atoms with Gasteiger partial charge in [-0.25, -0.2) is 4.79 Å².